The van der Waals surface area contributed by atoms with E-state index in [1.165, 1.54) is 4.57 Å². The first-order valence-electron chi connectivity index (χ1n) is 5.11. The van der Waals surface area contributed by atoms with E-state index in [0.717, 1.165) is 5.56 Å². The van der Waals surface area contributed by atoms with Crippen molar-refractivity contribution in [2.45, 2.75) is 26.7 Å². The zero-order valence-corrected chi connectivity index (χ0v) is 9.47. The van der Waals surface area contributed by atoms with E-state index in [2.05, 4.69) is 10.2 Å². The minimum Gasteiger partial charge on any atom is -0.408 e. The second-order valence-corrected chi connectivity index (χ2v) is 3.90. The second kappa shape index (κ2) is 3.92. The van der Waals surface area contributed by atoms with Crippen LogP contribution < -0.4 is 5.56 Å². The van der Waals surface area contributed by atoms with Crippen LogP contribution in [0, 0.1) is 6.92 Å². The largest absolute Gasteiger partial charge is 0.408 e. The maximum atomic E-state index is 12.1. The van der Waals surface area contributed by atoms with Crippen molar-refractivity contribution in [3.05, 3.63) is 40.1 Å². The maximum absolute atomic E-state index is 12.1. The van der Waals surface area contributed by atoms with Gasteiger partial charge in [0.15, 0.2) is 0 Å². The summed E-state index contributed by atoms with van der Waals surface area (Å²) >= 11 is 0. The van der Waals surface area contributed by atoms with Crippen LogP contribution in [-0.4, -0.2) is 14.8 Å². The predicted octanol–water partition coefficient (Wildman–Crippen LogP) is 1.65. The van der Waals surface area contributed by atoms with E-state index < -0.39 is 0 Å². The van der Waals surface area contributed by atoms with Crippen LogP contribution in [0.3, 0.4) is 0 Å². The summed E-state index contributed by atoms with van der Waals surface area (Å²) in [6.45, 7) is 5.63. The monoisotopic (exact) mass is 219 g/mol. The lowest BCUT2D eigenvalue weighted by Crippen LogP contribution is -2.22. The molecule has 2 aromatic rings. The normalized spacial score (nSPS) is 11.0. The molecular weight excluding hydrogens is 206 g/mol. The molecule has 5 nitrogen and oxygen atoms in total. The number of aromatic nitrogens is 3. The van der Waals surface area contributed by atoms with Gasteiger partial charge >= 0.3 is 6.01 Å². The van der Waals surface area contributed by atoms with E-state index in [1.54, 1.807) is 19.2 Å². The standard InChI is InChI=1S/C11H13N3O2/c1-7(2)9-5-4-6-14(10(9)15)11-13-12-8(3)16-11/h4-7H,1-3H3. The van der Waals surface area contributed by atoms with E-state index in [1.807, 2.05) is 19.9 Å². The van der Waals surface area contributed by atoms with Crippen LogP contribution in [0.2, 0.25) is 0 Å². The number of hydrogen-bond donors (Lipinski definition) is 0. The number of pyridine rings is 1. The van der Waals surface area contributed by atoms with Crippen molar-refractivity contribution in [1.82, 2.24) is 14.8 Å². The predicted molar refractivity (Wildman–Crippen MR) is 58.7 cm³/mol. The lowest BCUT2D eigenvalue weighted by molar-refractivity contribution is 0.490. The highest BCUT2D eigenvalue weighted by molar-refractivity contribution is 5.19. The van der Waals surface area contributed by atoms with E-state index in [-0.39, 0.29) is 17.5 Å². The Morgan fingerprint density at radius 2 is 2.12 bits per heavy atom. The first-order valence-corrected chi connectivity index (χ1v) is 5.11. The molecule has 0 aliphatic carbocycles. The summed E-state index contributed by atoms with van der Waals surface area (Å²) in [6.07, 6.45) is 1.63. The second-order valence-electron chi connectivity index (χ2n) is 3.90. The molecular formula is C11H13N3O2. The molecule has 2 heterocycles. The Balaban J connectivity index is 2.59. The van der Waals surface area contributed by atoms with Gasteiger partial charge in [-0.15, -0.1) is 5.10 Å². The van der Waals surface area contributed by atoms with Crippen LogP contribution in [0.1, 0.15) is 31.2 Å². The summed E-state index contributed by atoms with van der Waals surface area (Å²) in [7, 11) is 0. The van der Waals surface area contributed by atoms with Crippen LogP contribution in [0.4, 0.5) is 0 Å². The number of hydrogen-bond acceptors (Lipinski definition) is 4. The van der Waals surface area contributed by atoms with Crippen LogP contribution in [0.5, 0.6) is 0 Å². The summed E-state index contributed by atoms with van der Waals surface area (Å²) in [5.74, 6) is 0.612. The molecule has 0 saturated heterocycles. The molecule has 2 aromatic heterocycles. The van der Waals surface area contributed by atoms with Crippen LogP contribution in [0.25, 0.3) is 6.01 Å². The minimum absolute atomic E-state index is 0.110. The average molecular weight is 219 g/mol. The van der Waals surface area contributed by atoms with Crippen molar-refractivity contribution in [3.8, 4) is 6.01 Å². The van der Waals surface area contributed by atoms with E-state index >= 15 is 0 Å². The fourth-order valence-electron chi connectivity index (χ4n) is 1.48. The third-order valence-corrected chi connectivity index (χ3v) is 2.32. The van der Waals surface area contributed by atoms with E-state index in [0.29, 0.717) is 5.89 Å². The SMILES string of the molecule is Cc1nnc(-n2cccc(C(C)C)c2=O)o1. The smallest absolute Gasteiger partial charge is 0.329 e. The minimum atomic E-state index is -0.110. The first kappa shape index (κ1) is 10.6. The molecule has 0 fully saturated rings. The molecule has 0 aliphatic rings. The van der Waals surface area contributed by atoms with Gasteiger partial charge in [-0.1, -0.05) is 25.0 Å². The third-order valence-electron chi connectivity index (χ3n) is 2.32. The number of rotatable bonds is 2. The van der Waals surface area contributed by atoms with Crippen molar-refractivity contribution in [3.63, 3.8) is 0 Å². The van der Waals surface area contributed by atoms with E-state index in [9.17, 15) is 4.79 Å². The number of nitrogens with zero attached hydrogens (tertiary/aromatic N) is 3. The Bertz CT molecular complexity index is 554. The zero-order valence-electron chi connectivity index (χ0n) is 9.47. The molecule has 5 heteroatoms. The molecule has 0 bridgehead atoms. The van der Waals surface area contributed by atoms with Crippen molar-refractivity contribution in [2.75, 3.05) is 0 Å². The van der Waals surface area contributed by atoms with Crippen LogP contribution in [-0.2, 0) is 0 Å². The molecule has 0 N–H and O–H groups in total. The van der Waals surface area contributed by atoms with Gasteiger partial charge in [0, 0.05) is 18.7 Å². The third kappa shape index (κ3) is 1.76. The van der Waals surface area contributed by atoms with Gasteiger partial charge in [0.25, 0.3) is 5.56 Å². The van der Waals surface area contributed by atoms with Crippen molar-refractivity contribution in [2.24, 2.45) is 0 Å². The quantitative estimate of drug-likeness (QED) is 0.770. The molecule has 2 rings (SSSR count). The molecule has 0 unspecified atom stereocenters. The van der Waals surface area contributed by atoms with Gasteiger partial charge < -0.3 is 4.42 Å². The van der Waals surface area contributed by atoms with E-state index in [4.69, 9.17) is 4.42 Å². The van der Waals surface area contributed by atoms with Gasteiger partial charge in [-0.2, -0.15) is 0 Å². The summed E-state index contributed by atoms with van der Waals surface area (Å²) in [6, 6.07) is 3.83. The van der Waals surface area contributed by atoms with Gasteiger partial charge in [0.05, 0.1) is 0 Å². The van der Waals surface area contributed by atoms with Crippen LogP contribution >= 0.6 is 0 Å². The van der Waals surface area contributed by atoms with Crippen molar-refractivity contribution < 1.29 is 4.42 Å². The molecule has 16 heavy (non-hydrogen) atoms. The topological polar surface area (TPSA) is 60.9 Å². The molecule has 0 radical (unpaired) electrons. The lowest BCUT2D eigenvalue weighted by Gasteiger charge is -2.06. The maximum Gasteiger partial charge on any atom is 0.329 e. The van der Waals surface area contributed by atoms with Gasteiger partial charge in [0.2, 0.25) is 5.89 Å². The highest BCUT2D eigenvalue weighted by Gasteiger charge is 2.11. The van der Waals surface area contributed by atoms with Gasteiger partial charge in [-0.05, 0) is 12.0 Å². The van der Waals surface area contributed by atoms with Crippen molar-refractivity contribution in [1.29, 1.82) is 0 Å². The lowest BCUT2D eigenvalue weighted by atomic mass is 10.1. The molecule has 0 aromatic carbocycles. The summed E-state index contributed by atoms with van der Waals surface area (Å²) in [4.78, 5) is 12.1. The van der Waals surface area contributed by atoms with Crippen molar-refractivity contribution >= 4 is 0 Å². The number of aryl methyl sites for hydroxylation is 1. The average Bonchev–Trinajstić information content (AvgIpc) is 2.64. The highest BCUT2D eigenvalue weighted by atomic mass is 16.4. The first-order chi connectivity index (χ1) is 7.59. The molecule has 0 aliphatic heterocycles. The molecule has 0 saturated carbocycles. The van der Waals surface area contributed by atoms with Gasteiger partial charge in [-0.3, -0.25) is 4.79 Å². The Morgan fingerprint density at radius 3 is 2.69 bits per heavy atom. The summed E-state index contributed by atoms with van der Waals surface area (Å²) < 4.78 is 6.60. The molecule has 0 spiro atoms. The Hall–Kier alpha value is -1.91. The highest BCUT2D eigenvalue weighted by Crippen LogP contribution is 2.10. The molecule has 0 amide bonds. The summed E-state index contributed by atoms with van der Waals surface area (Å²) in [5, 5.41) is 7.53. The molecule has 0 atom stereocenters. The Kier molecular flexibility index (Phi) is 2.60. The fraction of sp³-hybridized carbons (Fsp3) is 0.364. The summed E-state index contributed by atoms with van der Waals surface area (Å²) in [5.41, 5.74) is 0.625. The fourth-order valence-corrected chi connectivity index (χ4v) is 1.48. The van der Waals surface area contributed by atoms with Gasteiger partial charge in [-0.25, -0.2) is 4.57 Å². The Morgan fingerprint density at radius 1 is 1.38 bits per heavy atom. The Labute approximate surface area is 92.7 Å². The van der Waals surface area contributed by atoms with Crippen LogP contribution in [0.15, 0.2) is 27.5 Å². The van der Waals surface area contributed by atoms with Gasteiger partial charge in [0.1, 0.15) is 0 Å². The molecule has 84 valence electrons. The zero-order chi connectivity index (χ0) is 11.7.